The third kappa shape index (κ3) is 4.55. The summed E-state index contributed by atoms with van der Waals surface area (Å²) in [5, 5.41) is 0. The molecule has 0 spiro atoms. The predicted molar refractivity (Wildman–Crippen MR) is 91.5 cm³/mol. The maximum atomic E-state index is 12.7. The summed E-state index contributed by atoms with van der Waals surface area (Å²) in [6.07, 6.45) is 0. The number of sulfonamides is 1. The first-order valence-electron chi connectivity index (χ1n) is 6.85. The third-order valence-electron chi connectivity index (χ3n) is 3.24. The molecule has 2 aromatic rings. The van der Waals surface area contributed by atoms with Gasteiger partial charge >= 0.3 is 0 Å². The highest BCUT2D eigenvalue weighted by molar-refractivity contribution is 7.89. The summed E-state index contributed by atoms with van der Waals surface area (Å²) < 4.78 is 26.8. The normalized spacial score (nSPS) is 11.2. The van der Waals surface area contributed by atoms with Crippen LogP contribution in [0.3, 0.4) is 0 Å². The fraction of sp³-hybridized carbons (Fsp3) is 0.250. The number of nitrogens with zero attached hydrogens (tertiary/aromatic N) is 1. The number of nitrogens with two attached hydrogens (primary N) is 1. The van der Waals surface area contributed by atoms with E-state index in [0.717, 1.165) is 11.1 Å². The molecule has 120 valence electrons. The van der Waals surface area contributed by atoms with Crippen LogP contribution in [0.1, 0.15) is 11.1 Å². The molecule has 6 heteroatoms. The van der Waals surface area contributed by atoms with Crippen molar-refractivity contribution in [3.05, 3.63) is 65.7 Å². The van der Waals surface area contributed by atoms with E-state index in [1.54, 1.807) is 24.3 Å². The highest BCUT2D eigenvalue weighted by Gasteiger charge is 2.23. The van der Waals surface area contributed by atoms with Gasteiger partial charge in [-0.3, -0.25) is 0 Å². The fourth-order valence-corrected chi connectivity index (χ4v) is 3.52. The van der Waals surface area contributed by atoms with Crippen LogP contribution < -0.4 is 5.73 Å². The first kappa shape index (κ1) is 18.6. The lowest BCUT2D eigenvalue weighted by atomic mass is 10.2. The molecule has 22 heavy (non-hydrogen) atoms. The zero-order chi connectivity index (χ0) is 15.3. The van der Waals surface area contributed by atoms with E-state index >= 15 is 0 Å². The van der Waals surface area contributed by atoms with Crippen molar-refractivity contribution >= 4 is 22.4 Å². The number of hydrogen-bond donors (Lipinski definition) is 1. The molecule has 2 aromatic carbocycles. The number of aryl methyl sites for hydroxylation is 1. The van der Waals surface area contributed by atoms with Gasteiger partial charge in [-0.2, -0.15) is 4.31 Å². The van der Waals surface area contributed by atoms with Crippen LogP contribution in [0.25, 0.3) is 0 Å². The molecule has 0 aliphatic heterocycles. The minimum atomic E-state index is -3.52. The second-order valence-corrected chi connectivity index (χ2v) is 6.86. The minimum Gasteiger partial charge on any atom is -0.329 e. The zero-order valence-corrected chi connectivity index (χ0v) is 14.1. The van der Waals surface area contributed by atoms with Gasteiger partial charge in [0, 0.05) is 19.6 Å². The molecular formula is C16H21ClN2O2S. The third-order valence-corrected chi connectivity index (χ3v) is 5.10. The molecule has 2 rings (SSSR count). The van der Waals surface area contributed by atoms with Gasteiger partial charge in [0.15, 0.2) is 0 Å². The Morgan fingerprint density at radius 3 is 2.14 bits per heavy atom. The van der Waals surface area contributed by atoms with Gasteiger partial charge in [0.2, 0.25) is 10.0 Å². The monoisotopic (exact) mass is 340 g/mol. The van der Waals surface area contributed by atoms with Crippen LogP contribution in [0.5, 0.6) is 0 Å². The van der Waals surface area contributed by atoms with Crippen LogP contribution in [-0.2, 0) is 16.6 Å². The second kappa shape index (κ2) is 8.29. The van der Waals surface area contributed by atoms with E-state index in [4.69, 9.17) is 5.73 Å². The van der Waals surface area contributed by atoms with E-state index in [1.807, 2.05) is 37.3 Å². The van der Waals surface area contributed by atoms with Crippen molar-refractivity contribution in [2.45, 2.75) is 18.4 Å². The van der Waals surface area contributed by atoms with Crippen LogP contribution in [0, 0.1) is 6.92 Å². The lowest BCUT2D eigenvalue weighted by Crippen LogP contribution is -2.34. The van der Waals surface area contributed by atoms with Crippen LogP contribution in [-0.4, -0.2) is 25.8 Å². The number of benzene rings is 2. The van der Waals surface area contributed by atoms with Crippen molar-refractivity contribution in [2.75, 3.05) is 13.1 Å². The Labute approximate surface area is 138 Å². The maximum Gasteiger partial charge on any atom is 0.243 e. The van der Waals surface area contributed by atoms with E-state index < -0.39 is 10.0 Å². The van der Waals surface area contributed by atoms with Crippen LogP contribution >= 0.6 is 12.4 Å². The Morgan fingerprint density at radius 2 is 1.59 bits per heavy atom. The maximum absolute atomic E-state index is 12.7. The molecule has 0 aromatic heterocycles. The smallest absolute Gasteiger partial charge is 0.243 e. The van der Waals surface area contributed by atoms with Gasteiger partial charge in [-0.1, -0.05) is 48.0 Å². The number of halogens is 1. The van der Waals surface area contributed by atoms with Crippen LogP contribution in [0.2, 0.25) is 0 Å². The SMILES string of the molecule is Cc1ccc(S(=O)(=O)N(CCN)Cc2ccccc2)cc1.Cl. The molecular weight excluding hydrogens is 320 g/mol. The van der Waals surface area contributed by atoms with Crippen molar-refractivity contribution in [3.8, 4) is 0 Å². The summed E-state index contributed by atoms with van der Waals surface area (Å²) in [5.41, 5.74) is 7.55. The summed E-state index contributed by atoms with van der Waals surface area (Å²) in [6.45, 7) is 2.84. The molecule has 0 fully saturated rings. The second-order valence-electron chi connectivity index (χ2n) is 4.93. The highest BCUT2D eigenvalue weighted by Crippen LogP contribution is 2.18. The Balaban J connectivity index is 0.00000242. The van der Waals surface area contributed by atoms with Crippen LogP contribution in [0.4, 0.5) is 0 Å². The van der Waals surface area contributed by atoms with E-state index in [-0.39, 0.29) is 19.0 Å². The Bertz CT molecular complexity index is 673. The molecule has 0 amide bonds. The average molecular weight is 341 g/mol. The topological polar surface area (TPSA) is 63.4 Å². The summed E-state index contributed by atoms with van der Waals surface area (Å²) in [4.78, 5) is 0.303. The number of hydrogen-bond acceptors (Lipinski definition) is 3. The first-order chi connectivity index (χ1) is 10.0. The average Bonchev–Trinajstić information content (AvgIpc) is 2.48. The molecule has 0 saturated carbocycles. The zero-order valence-electron chi connectivity index (χ0n) is 12.5. The minimum absolute atomic E-state index is 0. The molecule has 2 N–H and O–H groups in total. The van der Waals surface area contributed by atoms with Crippen molar-refractivity contribution < 1.29 is 8.42 Å². The highest BCUT2D eigenvalue weighted by atomic mass is 35.5. The Hall–Kier alpha value is -1.40. The number of rotatable bonds is 6. The quantitative estimate of drug-likeness (QED) is 0.879. The lowest BCUT2D eigenvalue weighted by molar-refractivity contribution is 0.414. The fourth-order valence-electron chi connectivity index (χ4n) is 2.07. The largest absolute Gasteiger partial charge is 0.329 e. The lowest BCUT2D eigenvalue weighted by Gasteiger charge is -2.21. The molecule has 0 bridgehead atoms. The van der Waals surface area contributed by atoms with Gasteiger partial charge in [0.25, 0.3) is 0 Å². The molecule has 0 heterocycles. The Kier molecular flexibility index (Phi) is 7.03. The molecule has 0 unspecified atom stereocenters. The molecule has 0 saturated heterocycles. The standard InChI is InChI=1S/C16H20N2O2S.ClH/c1-14-7-9-16(10-8-14)21(19,20)18(12-11-17)13-15-5-3-2-4-6-15;/h2-10H,11-13,17H2,1H3;1H. The summed E-state index contributed by atoms with van der Waals surface area (Å²) in [6, 6.07) is 16.4. The summed E-state index contributed by atoms with van der Waals surface area (Å²) >= 11 is 0. The van der Waals surface area contributed by atoms with Crippen molar-refractivity contribution in [2.24, 2.45) is 5.73 Å². The molecule has 0 aliphatic rings. The molecule has 0 aliphatic carbocycles. The van der Waals surface area contributed by atoms with Gasteiger partial charge in [-0.05, 0) is 24.6 Å². The van der Waals surface area contributed by atoms with E-state index in [1.165, 1.54) is 4.31 Å². The Morgan fingerprint density at radius 1 is 1.00 bits per heavy atom. The predicted octanol–water partition coefficient (Wildman–Crippen LogP) is 2.57. The van der Waals surface area contributed by atoms with E-state index in [9.17, 15) is 8.42 Å². The summed E-state index contributed by atoms with van der Waals surface area (Å²) in [7, 11) is -3.52. The molecule has 0 atom stereocenters. The van der Waals surface area contributed by atoms with Crippen molar-refractivity contribution in [1.82, 2.24) is 4.31 Å². The van der Waals surface area contributed by atoms with Gasteiger partial charge < -0.3 is 5.73 Å². The van der Waals surface area contributed by atoms with E-state index in [0.29, 0.717) is 18.0 Å². The van der Waals surface area contributed by atoms with Gasteiger partial charge in [-0.25, -0.2) is 8.42 Å². The van der Waals surface area contributed by atoms with Crippen molar-refractivity contribution in [3.63, 3.8) is 0 Å². The van der Waals surface area contributed by atoms with E-state index in [2.05, 4.69) is 0 Å². The molecule has 0 radical (unpaired) electrons. The van der Waals surface area contributed by atoms with Gasteiger partial charge in [0.05, 0.1) is 4.90 Å². The van der Waals surface area contributed by atoms with Gasteiger partial charge in [-0.15, -0.1) is 12.4 Å². The van der Waals surface area contributed by atoms with Crippen molar-refractivity contribution in [1.29, 1.82) is 0 Å². The van der Waals surface area contributed by atoms with Gasteiger partial charge in [0.1, 0.15) is 0 Å². The molecule has 4 nitrogen and oxygen atoms in total. The summed E-state index contributed by atoms with van der Waals surface area (Å²) in [5.74, 6) is 0. The first-order valence-corrected chi connectivity index (χ1v) is 8.29. The van der Waals surface area contributed by atoms with Crippen LogP contribution in [0.15, 0.2) is 59.5 Å².